The van der Waals surface area contributed by atoms with Crippen molar-refractivity contribution in [2.24, 2.45) is 0 Å². The van der Waals surface area contributed by atoms with Crippen LogP contribution in [0.4, 0.5) is 10.9 Å². The predicted molar refractivity (Wildman–Crippen MR) is 126 cm³/mol. The van der Waals surface area contributed by atoms with E-state index in [2.05, 4.69) is 21.4 Å². The number of nitrogen functional groups attached to an aromatic ring is 1. The molecule has 1 unspecified atom stereocenters. The summed E-state index contributed by atoms with van der Waals surface area (Å²) in [5, 5.41) is 22.2. The molecule has 0 fully saturated rings. The van der Waals surface area contributed by atoms with Gasteiger partial charge in [0, 0.05) is 0 Å². The minimum atomic E-state index is -0.636. The number of methoxy groups -OCH3 is 1. The first-order valence-corrected chi connectivity index (χ1v) is 11.2. The highest BCUT2D eigenvalue weighted by atomic mass is 32.2. The number of hydrogen-bond acceptors (Lipinski definition) is 10. The number of amides is 1. The molecule has 0 bridgehead atoms. The molecule has 0 saturated carbocycles. The molecule has 0 aliphatic heterocycles. The van der Waals surface area contributed by atoms with E-state index in [1.165, 1.54) is 17.6 Å². The number of nitriles is 2. The van der Waals surface area contributed by atoms with Gasteiger partial charge in [-0.3, -0.25) is 4.79 Å². The van der Waals surface area contributed by atoms with E-state index < -0.39 is 5.25 Å². The molecular weight excluding hydrogens is 460 g/mol. The van der Waals surface area contributed by atoms with Crippen LogP contribution in [0, 0.1) is 22.7 Å². The van der Waals surface area contributed by atoms with Gasteiger partial charge in [0.2, 0.25) is 5.91 Å². The molecule has 3 heterocycles. The third-order valence-corrected chi connectivity index (χ3v) is 6.69. The number of pyridine rings is 1. The number of aromatic nitrogens is 2. The summed E-state index contributed by atoms with van der Waals surface area (Å²) in [5.74, 6) is 0.659. The fourth-order valence-electron chi connectivity index (χ4n) is 3.06. The minimum Gasteiger partial charge on any atom is -0.497 e. The molecule has 3 N–H and O–H groups in total. The second kappa shape index (κ2) is 9.20. The van der Waals surface area contributed by atoms with Gasteiger partial charge in [0.15, 0.2) is 5.13 Å². The summed E-state index contributed by atoms with van der Waals surface area (Å²) in [6, 6.07) is 12.8. The summed E-state index contributed by atoms with van der Waals surface area (Å²) in [6.07, 6.45) is 1.44. The van der Waals surface area contributed by atoms with Crippen LogP contribution in [0.15, 0.2) is 46.0 Å². The summed E-state index contributed by atoms with van der Waals surface area (Å²) in [6.45, 7) is 1.68. The minimum absolute atomic E-state index is 0.0434. The van der Waals surface area contributed by atoms with E-state index in [0.717, 1.165) is 22.0 Å². The summed E-state index contributed by atoms with van der Waals surface area (Å²) in [4.78, 5) is 21.5. The van der Waals surface area contributed by atoms with Gasteiger partial charge in [0.1, 0.15) is 40.1 Å². The lowest BCUT2D eigenvalue weighted by atomic mass is 10.0. The first-order valence-electron chi connectivity index (χ1n) is 9.54. The van der Waals surface area contributed by atoms with Gasteiger partial charge in [0.25, 0.3) is 0 Å². The van der Waals surface area contributed by atoms with E-state index in [0.29, 0.717) is 16.6 Å². The number of nitrogens with two attached hydrogens (primary N) is 1. The average molecular weight is 477 g/mol. The first-order chi connectivity index (χ1) is 15.9. The van der Waals surface area contributed by atoms with Gasteiger partial charge in [0.05, 0.1) is 40.0 Å². The molecule has 0 saturated heterocycles. The molecule has 1 atom stereocenters. The Labute approximate surface area is 196 Å². The lowest BCUT2D eigenvalue weighted by Gasteiger charge is -2.14. The van der Waals surface area contributed by atoms with E-state index >= 15 is 0 Å². The number of fused-ring (bicyclic) bond motifs is 1. The van der Waals surface area contributed by atoms with Crippen molar-refractivity contribution in [3.05, 3.63) is 47.7 Å². The van der Waals surface area contributed by atoms with Crippen LogP contribution in [0.2, 0.25) is 0 Å². The Morgan fingerprint density at radius 1 is 1.27 bits per heavy atom. The number of nitrogens with one attached hydrogen (secondary N) is 1. The molecule has 4 rings (SSSR count). The monoisotopic (exact) mass is 476 g/mol. The number of furan rings is 1. The van der Waals surface area contributed by atoms with E-state index in [1.807, 2.05) is 18.2 Å². The van der Waals surface area contributed by atoms with Crippen LogP contribution in [0.3, 0.4) is 0 Å². The van der Waals surface area contributed by atoms with Crippen molar-refractivity contribution in [3.63, 3.8) is 0 Å². The number of hydrogen-bond donors (Lipinski definition) is 2. The van der Waals surface area contributed by atoms with Gasteiger partial charge < -0.3 is 20.2 Å². The van der Waals surface area contributed by atoms with Crippen LogP contribution in [0.25, 0.3) is 21.5 Å². The van der Waals surface area contributed by atoms with Crippen molar-refractivity contribution in [2.45, 2.75) is 17.2 Å². The molecule has 9 nitrogen and oxygen atoms in total. The normalized spacial score (nSPS) is 11.5. The number of benzene rings is 1. The largest absolute Gasteiger partial charge is 0.497 e. The second-order valence-corrected chi connectivity index (χ2v) is 9.09. The molecule has 0 spiro atoms. The number of carbonyl (C=O) groups excluding carboxylic acids is 1. The van der Waals surface area contributed by atoms with Crippen LogP contribution in [0.5, 0.6) is 5.75 Å². The number of nitrogens with zero attached hydrogens (tertiary/aromatic N) is 4. The van der Waals surface area contributed by atoms with Crippen molar-refractivity contribution in [1.82, 2.24) is 9.97 Å². The zero-order valence-corrected chi connectivity index (χ0v) is 19.1. The number of carbonyl (C=O) groups is 1. The lowest BCUT2D eigenvalue weighted by Crippen LogP contribution is -2.22. The molecule has 1 aromatic carbocycles. The summed E-state index contributed by atoms with van der Waals surface area (Å²) >= 11 is 2.39. The van der Waals surface area contributed by atoms with Gasteiger partial charge in [-0.15, -0.1) is 0 Å². The van der Waals surface area contributed by atoms with E-state index in [9.17, 15) is 15.3 Å². The van der Waals surface area contributed by atoms with Crippen LogP contribution in [-0.4, -0.2) is 28.2 Å². The van der Waals surface area contributed by atoms with E-state index in [-0.39, 0.29) is 33.4 Å². The Hall–Kier alpha value is -4.06. The zero-order chi connectivity index (χ0) is 23.5. The second-order valence-electron chi connectivity index (χ2n) is 6.73. The number of thioether (sulfide) groups is 1. The molecule has 164 valence electrons. The van der Waals surface area contributed by atoms with Crippen molar-refractivity contribution >= 4 is 50.2 Å². The van der Waals surface area contributed by atoms with Crippen LogP contribution < -0.4 is 15.8 Å². The lowest BCUT2D eigenvalue weighted by molar-refractivity contribution is -0.115. The summed E-state index contributed by atoms with van der Waals surface area (Å²) in [5.41, 5.74) is 7.15. The van der Waals surface area contributed by atoms with Crippen molar-refractivity contribution in [1.29, 1.82) is 10.5 Å². The molecule has 0 aliphatic carbocycles. The van der Waals surface area contributed by atoms with E-state index in [1.54, 1.807) is 32.2 Å². The molecule has 0 radical (unpaired) electrons. The highest BCUT2D eigenvalue weighted by Crippen LogP contribution is 2.37. The molecule has 0 aliphatic rings. The molecule has 3 aromatic heterocycles. The maximum absolute atomic E-state index is 12.8. The van der Waals surface area contributed by atoms with Gasteiger partial charge in [-0.2, -0.15) is 10.5 Å². The number of ether oxygens (including phenoxy) is 1. The van der Waals surface area contributed by atoms with Crippen molar-refractivity contribution in [2.75, 3.05) is 18.2 Å². The van der Waals surface area contributed by atoms with Crippen LogP contribution in [0.1, 0.15) is 18.1 Å². The Morgan fingerprint density at radius 2 is 2.06 bits per heavy atom. The molecule has 11 heteroatoms. The van der Waals surface area contributed by atoms with Crippen LogP contribution in [-0.2, 0) is 4.79 Å². The maximum atomic E-state index is 12.8. The van der Waals surface area contributed by atoms with Gasteiger partial charge in [-0.05, 0) is 37.3 Å². The SMILES string of the molecule is COc1ccc2nc(NC(=O)C(C)Sc3nc(N)c(C#N)c(-c4ccco4)c3C#N)sc2c1. The highest BCUT2D eigenvalue weighted by Gasteiger charge is 2.25. The van der Waals surface area contributed by atoms with Crippen LogP contribution >= 0.6 is 23.1 Å². The fraction of sp³-hybridized carbons (Fsp3) is 0.136. The fourth-order valence-corrected chi connectivity index (χ4v) is 4.88. The van der Waals surface area contributed by atoms with Gasteiger partial charge >= 0.3 is 0 Å². The third-order valence-electron chi connectivity index (χ3n) is 4.67. The Balaban J connectivity index is 1.60. The Bertz CT molecular complexity index is 1430. The summed E-state index contributed by atoms with van der Waals surface area (Å²) < 4.78 is 11.5. The molecular formula is C22H16N6O3S2. The van der Waals surface area contributed by atoms with E-state index in [4.69, 9.17) is 14.9 Å². The number of rotatable bonds is 6. The first kappa shape index (κ1) is 22.1. The molecule has 1 amide bonds. The predicted octanol–water partition coefficient (Wildman–Crippen LogP) is 4.40. The topological polar surface area (TPSA) is 151 Å². The van der Waals surface area contributed by atoms with Crippen molar-refractivity contribution in [3.8, 4) is 29.2 Å². The summed E-state index contributed by atoms with van der Waals surface area (Å²) in [7, 11) is 1.58. The number of thiazole rings is 1. The molecule has 4 aromatic rings. The standard InChI is InChI=1S/C22H16N6O3S2/c1-11(20(29)28-22-26-15-6-5-12(30-2)8-17(15)33-22)32-21-14(10-24)18(16-4-3-7-31-16)13(9-23)19(25)27-21/h3-8,11H,1-2H3,(H2,25,27)(H,26,28,29). The molecule has 33 heavy (non-hydrogen) atoms. The average Bonchev–Trinajstić information content (AvgIpc) is 3.47. The maximum Gasteiger partial charge on any atom is 0.239 e. The van der Waals surface area contributed by atoms with Gasteiger partial charge in [-0.25, -0.2) is 9.97 Å². The third kappa shape index (κ3) is 4.32. The Morgan fingerprint density at radius 3 is 2.73 bits per heavy atom. The quantitative estimate of drug-likeness (QED) is 0.386. The number of anilines is 2. The van der Waals surface area contributed by atoms with Gasteiger partial charge in [-0.1, -0.05) is 23.1 Å². The highest BCUT2D eigenvalue weighted by molar-refractivity contribution is 8.00. The van der Waals surface area contributed by atoms with Crippen molar-refractivity contribution < 1.29 is 13.9 Å². The Kier molecular flexibility index (Phi) is 6.18. The zero-order valence-electron chi connectivity index (χ0n) is 17.4. The smallest absolute Gasteiger partial charge is 0.239 e.